The van der Waals surface area contributed by atoms with Gasteiger partial charge in [0.2, 0.25) is 5.91 Å². The third-order valence-corrected chi connectivity index (χ3v) is 5.20. The number of hydrogen-bond donors (Lipinski definition) is 0. The molecule has 1 amide bonds. The van der Waals surface area contributed by atoms with Gasteiger partial charge in [0.1, 0.15) is 11.6 Å². The minimum atomic E-state index is -0.245. The first-order chi connectivity index (χ1) is 12.1. The Morgan fingerprint density at radius 2 is 1.60 bits per heavy atom. The Balaban J connectivity index is 1.35. The molecule has 0 radical (unpaired) electrons. The summed E-state index contributed by atoms with van der Waals surface area (Å²) in [6, 6.07) is 13.2. The van der Waals surface area contributed by atoms with E-state index in [1.807, 2.05) is 11.0 Å². The van der Waals surface area contributed by atoms with Crippen LogP contribution in [0.15, 0.2) is 48.5 Å². The van der Waals surface area contributed by atoms with E-state index in [0.717, 1.165) is 25.2 Å². The van der Waals surface area contributed by atoms with Crippen LogP contribution in [0.25, 0.3) is 0 Å². The number of halogens is 2. The monoisotopic (exact) mass is 342 g/mol. The molecular weight excluding hydrogens is 322 g/mol. The lowest BCUT2D eigenvalue weighted by Crippen LogP contribution is -2.49. The van der Waals surface area contributed by atoms with Crippen LogP contribution >= 0.6 is 0 Å². The van der Waals surface area contributed by atoms with Crippen LogP contribution in [0.4, 0.5) is 14.5 Å². The first-order valence-electron chi connectivity index (χ1n) is 8.67. The molecule has 2 atom stereocenters. The first kappa shape index (κ1) is 16.1. The average molecular weight is 342 g/mol. The van der Waals surface area contributed by atoms with Crippen molar-refractivity contribution in [2.45, 2.75) is 12.3 Å². The standard InChI is InChI=1S/C20H20F2N2O/c21-14-5-7-15(8-6-14)23-9-11-24(12-10-23)20(25)18-13-17(18)16-3-1-2-4-19(16)22/h1-8,17-18H,9-13H2. The summed E-state index contributed by atoms with van der Waals surface area (Å²) in [4.78, 5) is 16.7. The van der Waals surface area contributed by atoms with E-state index >= 15 is 0 Å². The summed E-state index contributed by atoms with van der Waals surface area (Å²) in [6.45, 7) is 2.76. The summed E-state index contributed by atoms with van der Waals surface area (Å²) in [5.74, 6) is -0.403. The molecule has 1 aliphatic carbocycles. The summed E-state index contributed by atoms with van der Waals surface area (Å²) >= 11 is 0. The van der Waals surface area contributed by atoms with Crippen molar-refractivity contribution in [3.05, 3.63) is 65.7 Å². The normalized spacial score (nSPS) is 22.8. The van der Waals surface area contributed by atoms with Gasteiger partial charge in [-0.05, 0) is 48.2 Å². The van der Waals surface area contributed by atoms with Gasteiger partial charge in [-0.3, -0.25) is 4.79 Å². The number of hydrogen-bond acceptors (Lipinski definition) is 2. The van der Waals surface area contributed by atoms with E-state index in [0.29, 0.717) is 18.7 Å². The minimum Gasteiger partial charge on any atom is -0.368 e. The zero-order valence-electron chi connectivity index (χ0n) is 13.9. The zero-order valence-corrected chi connectivity index (χ0v) is 13.9. The van der Waals surface area contributed by atoms with Gasteiger partial charge in [0.25, 0.3) is 0 Å². The van der Waals surface area contributed by atoms with Crippen LogP contribution in [-0.4, -0.2) is 37.0 Å². The van der Waals surface area contributed by atoms with Crippen molar-refractivity contribution in [2.24, 2.45) is 5.92 Å². The molecule has 1 saturated carbocycles. The van der Waals surface area contributed by atoms with Gasteiger partial charge in [0, 0.05) is 37.8 Å². The maximum atomic E-state index is 13.9. The summed E-state index contributed by atoms with van der Waals surface area (Å²) < 4.78 is 26.9. The second kappa shape index (κ2) is 6.47. The van der Waals surface area contributed by atoms with Crippen molar-refractivity contribution in [3.8, 4) is 0 Å². The Labute approximate surface area is 145 Å². The number of rotatable bonds is 3. The second-order valence-electron chi connectivity index (χ2n) is 6.76. The van der Waals surface area contributed by atoms with Crippen molar-refractivity contribution < 1.29 is 13.6 Å². The third kappa shape index (κ3) is 3.23. The Morgan fingerprint density at radius 1 is 0.920 bits per heavy atom. The quantitative estimate of drug-likeness (QED) is 0.853. The number of benzene rings is 2. The van der Waals surface area contributed by atoms with Crippen LogP contribution in [0, 0.1) is 17.6 Å². The molecule has 0 N–H and O–H groups in total. The number of amides is 1. The lowest BCUT2D eigenvalue weighted by atomic mass is 10.1. The van der Waals surface area contributed by atoms with Crippen molar-refractivity contribution in [2.75, 3.05) is 31.1 Å². The zero-order chi connectivity index (χ0) is 17.4. The highest BCUT2D eigenvalue weighted by Crippen LogP contribution is 2.49. The number of nitrogens with zero attached hydrogens (tertiary/aromatic N) is 2. The van der Waals surface area contributed by atoms with E-state index in [2.05, 4.69) is 4.90 Å². The second-order valence-corrected chi connectivity index (χ2v) is 6.76. The molecule has 2 aromatic rings. The first-order valence-corrected chi connectivity index (χ1v) is 8.67. The molecule has 0 spiro atoms. The van der Waals surface area contributed by atoms with Gasteiger partial charge in [-0.2, -0.15) is 0 Å². The van der Waals surface area contributed by atoms with Gasteiger partial charge in [-0.1, -0.05) is 18.2 Å². The molecule has 2 unspecified atom stereocenters. The molecule has 2 aromatic carbocycles. The number of carbonyl (C=O) groups is 1. The molecule has 2 fully saturated rings. The lowest BCUT2D eigenvalue weighted by molar-refractivity contribution is -0.132. The van der Waals surface area contributed by atoms with Crippen LogP contribution in [0.1, 0.15) is 17.9 Å². The number of carbonyl (C=O) groups excluding carboxylic acids is 1. The van der Waals surface area contributed by atoms with Crippen LogP contribution in [-0.2, 0) is 4.79 Å². The molecule has 1 saturated heterocycles. The van der Waals surface area contributed by atoms with Gasteiger partial charge in [-0.25, -0.2) is 8.78 Å². The predicted octanol–water partition coefficient (Wildman–Crippen LogP) is 3.42. The SMILES string of the molecule is O=C(C1CC1c1ccccc1F)N1CCN(c2ccc(F)cc2)CC1. The van der Waals surface area contributed by atoms with Crippen LogP contribution in [0.3, 0.4) is 0 Å². The van der Waals surface area contributed by atoms with Crippen LogP contribution < -0.4 is 4.90 Å². The average Bonchev–Trinajstić information content (AvgIpc) is 3.43. The molecule has 1 heterocycles. The molecule has 0 bridgehead atoms. The lowest BCUT2D eigenvalue weighted by Gasteiger charge is -2.36. The highest BCUT2D eigenvalue weighted by molar-refractivity contribution is 5.83. The van der Waals surface area contributed by atoms with E-state index in [-0.39, 0.29) is 29.4 Å². The van der Waals surface area contributed by atoms with Gasteiger partial charge in [-0.15, -0.1) is 0 Å². The van der Waals surface area contributed by atoms with E-state index in [4.69, 9.17) is 0 Å². The molecule has 25 heavy (non-hydrogen) atoms. The van der Waals surface area contributed by atoms with Crippen molar-refractivity contribution in [1.82, 2.24) is 4.90 Å². The summed E-state index contributed by atoms with van der Waals surface area (Å²) in [5, 5.41) is 0. The summed E-state index contributed by atoms with van der Waals surface area (Å²) in [7, 11) is 0. The van der Waals surface area contributed by atoms with Crippen molar-refractivity contribution in [1.29, 1.82) is 0 Å². The molecule has 0 aromatic heterocycles. The molecule has 2 aliphatic rings. The summed E-state index contributed by atoms with van der Waals surface area (Å²) in [6.07, 6.45) is 0.734. The van der Waals surface area contributed by atoms with E-state index in [9.17, 15) is 13.6 Å². The van der Waals surface area contributed by atoms with Gasteiger partial charge >= 0.3 is 0 Å². The van der Waals surface area contributed by atoms with E-state index in [1.165, 1.54) is 18.2 Å². The molecule has 4 rings (SSSR count). The fourth-order valence-corrected chi connectivity index (χ4v) is 3.66. The molecular formula is C20H20F2N2O. The maximum Gasteiger partial charge on any atom is 0.226 e. The fourth-order valence-electron chi connectivity index (χ4n) is 3.66. The Hall–Kier alpha value is -2.43. The van der Waals surface area contributed by atoms with Gasteiger partial charge < -0.3 is 9.80 Å². The Morgan fingerprint density at radius 3 is 2.28 bits per heavy atom. The third-order valence-electron chi connectivity index (χ3n) is 5.20. The largest absolute Gasteiger partial charge is 0.368 e. The minimum absolute atomic E-state index is 0.0174. The highest BCUT2D eigenvalue weighted by atomic mass is 19.1. The maximum absolute atomic E-state index is 13.9. The van der Waals surface area contributed by atoms with Crippen molar-refractivity contribution >= 4 is 11.6 Å². The van der Waals surface area contributed by atoms with Crippen LogP contribution in [0.2, 0.25) is 0 Å². The highest BCUT2D eigenvalue weighted by Gasteiger charge is 2.47. The predicted molar refractivity (Wildman–Crippen MR) is 92.4 cm³/mol. The van der Waals surface area contributed by atoms with Crippen LogP contribution in [0.5, 0.6) is 0 Å². The van der Waals surface area contributed by atoms with Gasteiger partial charge in [0.15, 0.2) is 0 Å². The Bertz CT molecular complexity index is 770. The smallest absolute Gasteiger partial charge is 0.226 e. The molecule has 130 valence electrons. The van der Waals surface area contributed by atoms with E-state index in [1.54, 1.807) is 24.3 Å². The Kier molecular flexibility index (Phi) is 4.15. The molecule has 1 aliphatic heterocycles. The number of piperazine rings is 1. The molecule has 5 heteroatoms. The van der Waals surface area contributed by atoms with Gasteiger partial charge in [0.05, 0.1) is 0 Å². The van der Waals surface area contributed by atoms with Crippen molar-refractivity contribution in [3.63, 3.8) is 0 Å². The summed E-state index contributed by atoms with van der Waals surface area (Å²) in [5.41, 5.74) is 1.63. The number of anilines is 1. The fraction of sp³-hybridized carbons (Fsp3) is 0.350. The topological polar surface area (TPSA) is 23.6 Å². The van der Waals surface area contributed by atoms with E-state index < -0.39 is 0 Å². The molecule has 3 nitrogen and oxygen atoms in total.